The molecule has 6 heteroatoms. The molecule has 0 aromatic heterocycles. The Morgan fingerprint density at radius 1 is 0.658 bits per heavy atom. The van der Waals surface area contributed by atoms with Crippen molar-refractivity contribution in [2.45, 2.75) is 157 Å². The van der Waals surface area contributed by atoms with Crippen LogP contribution in [0.15, 0.2) is 0 Å². The van der Waals surface area contributed by atoms with Gasteiger partial charge in [0.05, 0.1) is 35.8 Å². The summed E-state index contributed by atoms with van der Waals surface area (Å²) in [4.78, 5) is 25.8. The normalized spacial score (nSPS) is 16.1. The summed E-state index contributed by atoms with van der Waals surface area (Å²) >= 11 is 0. The lowest BCUT2D eigenvalue weighted by molar-refractivity contribution is -0.162. The van der Waals surface area contributed by atoms with Crippen molar-refractivity contribution < 1.29 is 19.1 Å². The van der Waals surface area contributed by atoms with Crippen LogP contribution < -0.4 is 0 Å². The molecule has 0 radical (unpaired) electrons. The van der Waals surface area contributed by atoms with Gasteiger partial charge < -0.3 is 9.47 Å². The summed E-state index contributed by atoms with van der Waals surface area (Å²) in [7, 11) is 0. The van der Waals surface area contributed by atoms with Gasteiger partial charge >= 0.3 is 11.9 Å². The molecule has 0 heterocycles. The average Bonchev–Trinajstić information content (AvgIpc) is 2.93. The standard InChI is InChI=1S/C32H56N2O4/c1-9-15-19-31(7,23-33)27(21-25(11-3)12-4)37-29(35)17-18-30(36)38-28(22-26(13-5)14-6)32(8,24-34)20-16-10-2/h25-28H,9-22H2,1-8H3. The minimum absolute atomic E-state index is 0.0938. The minimum atomic E-state index is -0.761. The summed E-state index contributed by atoms with van der Waals surface area (Å²) in [5.41, 5.74) is -1.52. The Labute approximate surface area is 233 Å². The number of rotatable bonds is 21. The number of nitrogens with zero attached hydrogens (tertiary/aromatic N) is 2. The quantitative estimate of drug-likeness (QED) is 0.137. The van der Waals surface area contributed by atoms with E-state index in [4.69, 9.17) is 9.47 Å². The predicted molar refractivity (Wildman–Crippen MR) is 153 cm³/mol. The monoisotopic (exact) mass is 532 g/mol. The number of unbranched alkanes of at least 4 members (excludes halogenated alkanes) is 2. The zero-order valence-corrected chi connectivity index (χ0v) is 25.7. The Morgan fingerprint density at radius 2 is 0.974 bits per heavy atom. The smallest absolute Gasteiger partial charge is 0.306 e. The Bertz CT molecular complexity index is 698. The van der Waals surface area contributed by atoms with Gasteiger partial charge in [-0.2, -0.15) is 10.5 Å². The predicted octanol–water partition coefficient (Wildman–Crippen LogP) is 8.68. The number of carbonyl (C=O) groups is 2. The number of hydrogen-bond donors (Lipinski definition) is 0. The van der Waals surface area contributed by atoms with Crippen LogP contribution >= 0.6 is 0 Å². The number of hydrogen-bond acceptors (Lipinski definition) is 6. The molecule has 0 aromatic carbocycles. The number of esters is 2. The summed E-state index contributed by atoms with van der Waals surface area (Å²) in [5.74, 6) is -0.211. The van der Waals surface area contributed by atoms with Crippen molar-refractivity contribution in [2.24, 2.45) is 22.7 Å². The highest BCUT2D eigenvalue weighted by atomic mass is 16.6. The van der Waals surface area contributed by atoms with Gasteiger partial charge in [0.25, 0.3) is 0 Å². The molecule has 0 amide bonds. The van der Waals surface area contributed by atoms with E-state index in [-0.39, 0.29) is 12.8 Å². The zero-order chi connectivity index (χ0) is 29.2. The van der Waals surface area contributed by atoms with Gasteiger partial charge in [-0.1, -0.05) is 92.9 Å². The molecule has 0 aliphatic carbocycles. The first kappa shape index (κ1) is 35.9. The lowest BCUT2D eigenvalue weighted by Crippen LogP contribution is -2.38. The summed E-state index contributed by atoms with van der Waals surface area (Å²) in [5, 5.41) is 20.0. The van der Waals surface area contributed by atoms with Crippen molar-refractivity contribution in [3.05, 3.63) is 0 Å². The van der Waals surface area contributed by atoms with E-state index < -0.39 is 35.0 Å². The van der Waals surface area contributed by atoms with E-state index >= 15 is 0 Å². The van der Waals surface area contributed by atoms with Gasteiger partial charge in [-0.25, -0.2) is 0 Å². The molecule has 4 unspecified atom stereocenters. The van der Waals surface area contributed by atoms with Crippen molar-refractivity contribution in [1.82, 2.24) is 0 Å². The van der Waals surface area contributed by atoms with Crippen LogP contribution in [0.1, 0.15) is 145 Å². The summed E-state index contributed by atoms with van der Waals surface area (Å²) in [6.45, 7) is 16.4. The highest BCUT2D eigenvalue weighted by molar-refractivity contribution is 5.78. The minimum Gasteiger partial charge on any atom is -0.461 e. The van der Waals surface area contributed by atoms with E-state index in [1.807, 2.05) is 13.8 Å². The first-order chi connectivity index (χ1) is 18.0. The van der Waals surface area contributed by atoms with Gasteiger partial charge in [-0.15, -0.1) is 0 Å². The van der Waals surface area contributed by atoms with Crippen molar-refractivity contribution in [3.63, 3.8) is 0 Å². The van der Waals surface area contributed by atoms with Crippen LogP contribution in [0.2, 0.25) is 0 Å². The van der Waals surface area contributed by atoms with Gasteiger partial charge in [-0.3, -0.25) is 9.59 Å². The highest BCUT2D eigenvalue weighted by Gasteiger charge is 2.39. The van der Waals surface area contributed by atoms with Crippen LogP contribution in [0.5, 0.6) is 0 Å². The van der Waals surface area contributed by atoms with Gasteiger partial charge in [0.15, 0.2) is 0 Å². The van der Waals surface area contributed by atoms with Crippen LogP contribution in [0.3, 0.4) is 0 Å². The molecular weight excluding hydrogens is 476 g/mol. The van der Waals surface area contributed by atoms with E-state index in [0.717, 1.165) is 51.4 Å². The fraction of sp³-hybridized carbons (Fsp3) is 0.875. The maximum atomic E-state index is 12.9. The van der Waals surface area contributed by atoms with Crippen LogP contribution in [0, 0.1) is 45.3 Å². The Balaban J connectivity index is 5.49. The SMILES string of the molecule is CCCCC(C)(C#N)C(CC(CC)CC)OC(=O)CCC(=O)OC(CC(CC)CC)C(C)(C#N)CCCC. The number of carbonyl (C=O) groups excluding carboxylic acids is 2. The van der Waals surface area contributed by atoms with Gasteiger partial charge in [0, 0.05) is 0 Å². The molecule has 38 heavy (non-hydrogen) atoms. The molecule has 0 aliphatic heterocycles. The van der Waals surface area contributed by atoms with Gasteiger partial charge in [0.2, 0.25) is 0 Å². The largest absolute Gasteiger partial charge is 0.461 e. The van der Waals surface area contributed by atoms with E-state index in [2.05, 4.69) is 53.7 Å². The molecule has 6 nitrogen and oxygen atoms in total. The van der Waals surface area contributed by atoms with E-state index in [1.54, 1.807) is 0 Å². The topological polar surface area (TPSA) is 100 Å². The fourth-order valence-corrected chi connectivity index (χ4v) is 5.03. The molecule has 0 bridgehead atoms. The Hall–Kier alpha value is -2.08. The molecule has 0 fully saturated rings. The third kappa shape index (κ3) is 12.2. The second-order valence-electron chi connectivity index (χ2n) is 11.6. The van der Waals surface area contributed by atoms with Crippen molar-refractivity contribution in [3.8, 4) is 12.1 Å². The lowest BCUT2D eigenvalue weighted by atomic mass is 9.76. The molecule has 4 atom stereocenters. The fourth-order valence-electron chi connectivity index (χ4n) is 5.03. The van der Waals surface area contributed by atoms with Gasteiger partial charge in [-0.05, 0) is 51.4 Å². The van der Waals surface area contributed by atoms with Gasteiger partial charge in [0.1, 0.15) is 12.2 Å². The molecule has 0 saturated carbocycles. The summed E-state index contributed by atoms with van der Waals surface area (Å²) < 4.78 is 11.8. The van der Waals surface area contributed by atoms with E-state index in [0.29, 0.717) is 37.5 Å². The number of ether oxygens (including phenoxy) is 2. The molecule has 0 aliphatic rings. The van der Waals surface area contributed by atoms with E-state index in [9.17, 15) is 20.1 Å². The van der Waals surface area contributed by atoms with Crippen LogP contribution in [0.25, 0.3) is 0 Å². The maximum Gasteiger partial charge on any atom is 0.306 e. The van der Waals surface area contributed by atoms with Crippen molar-refractivity contribution >= 4 is 11.9 Å². The average molecular weight is 533 g/mol. The highest BCUT2D eigenvalue weighted by Crippen LogP contribution is 2.37. The molecule has 0 aromatic rings. The third-order valence-corrected chi connectivity index (χ3v) is 8.52. The first-order valence-electron chi connectivity index (χ1n) is 15.2. The molecule has 0 rings (SSSR count). The van der Waals surface area contributed by atoms with Crippen LogP contribution in [-0.4, -0.2) is 24.1 Å². The van der Waals surface area contributed by atoms with Crippen molar-refractivity contribution in [1.29, 1.82) is 10.5 Å². The molecule has 0 spiro atoms. The first-order valence-corrected chi connectivity index (χ1v) is 15.2. The second-order valence-corrected chi connectivity index (χ2v) is 11.6. The zero-order valence-electron chi connectivity index (χ0n) is 25.7. The third-order valence-electron chi connectivity index (χ3n) is 8.52. The second kappa shape index (κ2) is 19.1. The Morgan fingerprint density at radius 3 is 1.21 bits per heavy atom. The van der Waals surface area contributed by atoms with Crippen LogP contribution in [0.4, 0.5) is 0 Å². The van der Waals surface area contributed by atoms with E-state index in [1.165, 1.54) is 0 Å². The molecule has 0 saturated heterocycles. The molecular formula is C32H56N2O4. The Kier molecular flexibility index (Phi) is 18.0. The van der Waals surface area contributed by atoms with Crippen molar-refractivity contribution in [2.75, 3.05) is 0 Å². The van der Waals surface area contributed by atoms with Crippen LogP contribution in [-0.2, 0) is 19.1 Å². The maximum absolute atomic E-state index is 12.9. The summed E-state index contributed by atoms with van der Waals surface area (Å²) in [6, 6.07) is 4.87. The number of nitriles is 2. The molecule has 218 valence electrons. The summed E-state index contributed by atoms with van der Waals surface area (Å²) in [6.07, 6.45) is 8.97. The lowest BCUT2D eigenvalue weighted by Gasteiger charge is -2.34. The molecule has 0 N–H and O–H groups in total.